The van der Waals surface area contributed by atoms with Gasteiger partial charge in [-0.2, -0.15) is 8.78 Å². The van der Waals surface area contributed by atoms with Gasteiger partial charge in [-0.05, 0) is 48.4 Å². The lowest BCUT2D eigenvalue weighted by atomic mass is 9.87. The summed E-state index contributed by atoms with van der Waals surface area (Å²) in [6, 6.07) is 0. The molecule has 0 aromatic heterocycles. The Kier molecular flexibility index (Phi) is 9.42. The van der Waals surface area contributed by atoms with Crippen LogP contribution in [0.25, 0.3) is 0 Å². The molecule has 0 unspecified atom stereocenters. The zero-order valence-electron chi connectivity index (χ0n) is 15.9. The molecule has 0 N–H and O–H groups in total. The number of hydrogen-bond acceptors (Lipinski definition) is 4. The third-order valence-electron chi connectivity index (χ3n) is 5.18. The van der Waals surface area contributed by atoms with Crippen molar-refractivity contribution < 1.29 is 22.3 Å². The minimum absolute atomic E-state index is 0.0113. The highest BCUT2D eigenvalue weighted by molar-refractivity contribution is 8.16. The lowest BCUT2D eigenvalue weighted by Crippen LogP contribution is -2.33. The first-order chi connectivity index (χ1) is 12.9. The van der Waals surface area contributed by atoms with Crippen LogP contribution in [-0.2, 0) is 4.74 Å². The van der Waals surface area contributed by atoms with Crippen molar-refractivity contribution in [2.45, 2.75) is 63.7 Å². The average molecular weight is 411 g/mol. The summed E-state index contributed by atoms with van der Waals surface area (Å²) in [6.07, 6.45) is 8.05. The smallest absolute Gasteiger partial charge is 0.340 e. The van der Waals surface area contributed by atoms with E-state index in [0.29, 0.717) is 0 Å². The molecule has 0 aromatic rings. The molecule has 8 heteroatoms. The van der Waals surface area contributed by atoms with Crippen LogP contribution >= 0.6 is 11.8 Å². The van der Waals surface area contributed by atoms with Gasteiger partial charge in [0, 0.05) is 20.1 Å². The van der Waals surface area contributed by atoms with Gasteiger partial charge in [0.15, 0.2) is 6.61 Å². The molecule has 1 fully saturated rings. The second kappa shape index (κ2) is 11.3. The van der Waals surface area contributed by atoms with Crippen LogP contribution in [-0.4, -0.2) is 55.8 Å². The highest BCUT2D eigenvalue weighted by atomic mass is 32.2. The lowest BCUT2D eigenvalue weighted by Gasteiger charge is -2.26. The predicted molar refractivity (Wildman–Crippen MR) is 103 cm³/mol. The van der Waals surface area contributed by atoms with Gasteiger partial charge < -0.3 is 9.64 Å². The zero-order chi connectivity index (χ0) is 19.7. The van der Waals surface area contributed by atoms with E-state index in [4.69, 9.17) is 4.74 Å². The van der Waals surface area contributed by atoms with Crippen molar-refractivity contribution in [1.82, 2.24) is 4.90 Å². The molecule has 0 aromatic carbocycles. The second-order valence-corrected chi connectivity index (χ2v) is 8.36. The number of nitrogens with zero attached hydrogens (tertiary/aromatic N) is 2. The molecule has 3 nitrogen and oxygen atoms in total. The van der Waals surface area contributed by atoms with Gasteiger partial charge in [0.25, 0.3) is 0 Å². The molecule has 1 heterocycles. The van der Waals surface area contributed by atoms with E-state index in [1.165, 1.54) is 45.6 Å². The summed E-state index contributed by atoms with van der Waals surface area (Å²) in [7, 11) is 1.41. The quantitative estimate of drug-likeness (QED) is 0.311. The fourth-order valence-corrected chi connectivity index (χ4v) is 4.35. The maximum Gasteiger partial charge on any atom is 0.340 e. The van der Waals surface area contributed by atoms with Gasteiger partial charge in [0.2, 0.25) is 5.23 Å². The van der Waals surface area contributed by atoms with E-state index in [2.05, 4.69) is 16.0 Å². The van der Waals surface area contributed by atoms with Gasteiger partial charge >= 0.3 is 12.3 Å². The fourth-order valence-electron chi connectivity index (χ4n) is 3.52. The standard InChI is InChI=1S/C19H30F4N2OS/c1-24-18(26-14-19(22,23)17(20)21)27-16-8-5-11-25(13-10-16)12-9-15-6-3-2-4-7-15/h8,15,17H,2-7,9-14H2,1H3/b24-18-. The monoisotopic (exact) mass is 410 g/mol. The second-order valence-electron chi connectivity index (χ2n) is 7.29. The Morgan fingerprint density at radius 2 is 2.04 bits per heavy atom. The van der Waals surface area contributed by atoms with Gasteiger partial charge in [-0.15, -0.1) is 0 Å². The van der Waals surface area contributed by atoms with E-state index < -0.39 is 19.0 Å². The topological polar surface area (TPSA) is 24.8 Å². The molecule has 156 valence electrons. The highest BCUT2D eigenvalue weighted by Crippen LogP contribution is 2.29. The number of aliphatic imine (C=N–C) groups is 1. The molecule has 1 aliphatic heterocycles. The van der Waals surface area contributed by atoms with Crippen molar-refractivity contribution in [3.05, 3.63) is 11.0 Å². The molecule has 0 bridgehead atoms. The Balaban J connectivity index is 1.73. The van der Waals surface area contributed by atoms with E-state index in [1.54, 1.807) is 0 Å². The number of thioether (sulfide) groups is 1. The molecular weight excluding hydrogens is 380 g/mol. The summed E-state index contributed by atoms with van der Waals surface area (Å²) in [6.45, 7) is 1.64. The summed E-state index contributed by atoms with van der Waals surface area (Å²) < 4.78 is 55.3. The van der Waals surface area contributed by atoms with Crippen LogP contribution in [0.4, 0.5) is 17.6 Å². The van der Waals surface area contributed by atoms with Crippen LogP contribution in [0.3, 0.4) is 0 Å². The summed E-state index contributed by atoms with van der Waals surface area (Å²) in [5.74, 6) is -3.31. The van der Waals surface area contributed by atoms with Crippen molar-refractivity contribution in [3.8, 4) is 0 Å². The molecule has 0 atom stereocenters. The number of halogens is 4. The lowest BCUT2D eigenvalue weighted by molar-refractivity contribution is -0.149. The SMILES string of the molecule is C/N=C(/OCC(F)(F)C(F)F)SC1=CCCN(CCC2CCCCC2)CC1. The van der Waals surface area contributed by atoms with Crippen LogP contribution < -0.4 is 0 Å². The Morgan fingerprint density at radius 1 is 1.30 bits per heavy atom. The van der Waals surface area contributed by atoms with Crippen molar-refractivity contribution in [3.63, 3.8) is 0 Å². The third-order valence-corrected chi connectivity index (χ3v) is 6.29. The van der Waals surface area contributed by atoms with E-state index >= 15 is 0 Å². The predicted octanol–water partition coefficient (Wildman–Crippen LogP) is 5.57. The molecular formula is C19H30F4N2OS. The van der Waals surface area contributed by atoms with Gasteiger partial charge in [-0.3, -0.25) is 0 Å². The molecule has 0 spiro atoms. The van der Waals surface area contributed by atoms with Gasteiger partial charge in [0.05, 0.1) is 0 Å². The maximum atomic E-state index is 13.0. The van der Waals surface area contributed by atoms with Gasteiger partial charge in [-0.25, -0.2) is 13.8 Å². The van der Waals surface area contributed by atoms with Crippen molar-refractivity contribution in [1.29, 1.82) is 0 Å². The van der Waals surface area contributed by atoms with Crippen LogP contribution in [0, 0.1) is 5.92 Å². The fraction of sp³-hybridized carbons (Fsp3) is 0.842. The van der Waals surface area contributed by atoms with E-state index in [0.717, 1.165) is 55.1 Å². The molecule has 2 aliphatic rings. The Hall–Kier alpha value is -0.760. The molecule has 27 heavy (non-hydrogen) atoms. The molecule has 1 saturated carbocycles. The number of alkyl halides is 4. The first kappa shape index (κ1) is 22.5. The molecule has 0 amide bonds. The van der Waals surface area contributed by atoms with E-state index in [1.807, 2.05) is 0 Å². The maximum absolute atomic E-state index is 13.0. The van der Waals surface area contributed by atoms with Crippen LogP contribution in [0.2, 0.25) is 0 Å². The van der Waals surface area contributed by atoms with Gasteiger partial charge in [0.1, 0.15) is 0 Å². The molecule has 2 rings (SSSR count). The van der Waals surface area contributed by atoms with Crippen molar-refractivity contribution in [2.24, 2.45) is 10.9 Å². The normalized spacial score (nSPS) is 21.3. The van der Waals surface area contributed by atoms with Gasteiger partial charge in [-0.1, -0.05) is 38.2 Å². The minimum Gasteiger partial charge on any atom is -0.466 e. The third kappa shape index (κ3) is 8.02. The summed E-state index contributed by atoms with van der Waals surface area (Å²) in [5, 5.41) is 0.0113. The number of ether oxygens (including phenoxy) is 1. The van der Waals surface area contributed by atoms with Crippen molar-refractivity contribution in [2.75, 3.05) is 33.3 Å². The zero-order valence-corrected chi connectivity index (χ0v) is 16.8. The summed E-state index contributed by atoms with van der Waals surface area (Å²) in [5.41, 5.74) is 0. The molecule has 0 saturated heterocycles. The van der Waals surface area contributed by atoms with Crippen molar-refractivity contribution >= 4 is 17.0 Å². The Labute approximate surface area is 163 Å². The number of hydrogen-bond donors (Lipinski definition) is 0. The highest BCUT2D eigenvalue weighted by Gasteiger charge is 2.42. The first-order valence-corrected chi connectivity index (χ1v) is 10.6. The summed E-state index contributed by atoms with van der Waals surface area (Å²) in [4.78, 5) is 7.26. The van der Waals surface area contributed by atoms with E-state index in [9.17, 15) is 17.6 Å². The Bertz CT molecular complexity index is 508. The number of rotatable bonds is 7. The van der Waals surface area contributed by atoms with E-state index in [-0.39, 0.29) is 5.23 Å². The Morgan fingerprint density at radius 3 is 2.70 bits per heavy atom. The average Bonchev–Trinajstić information content (AvgIpc) is 2.89. The van der Waals surface area contributed by atoms with Crippen LogP contribution in [0.15, 0.2) is 16.0 Å². The summed E-state index contributed by atoms with van der Waals surface area (Å²) >= 11 is 1.16. The minimum atomic E-state index is -4.16. The molecule has 0 radical (unpaired) electrons. The largest absolute Gasteiger partial charge is 0.466 e. The van der Waals surface area contributed by atoms with Crippen LogP contribution in [0.5, 0.6) is 0 Å². The first-order valence-electron chi connectivity index (χ1n) is 9.75. The van der Waals surface area contributed by atoms with Crippen LogP contribution in [0.1, 0.15) is 51.4 Å². The molecule has 1 aliphatic carbocycles.